The van der Waals surface area contributed by atoms with Crippen LogP contribution in [0.5, 0.6) is 0 Å². The maximum Gasteiger partial charge on any atom is 0.228 e. The van der Waals surface area contributed by atoms with Crippen LogP contribution in [0.3, 0.4) is 0 Å². The molecule has 0 saturated carbocycles. The van der Waals surface area contributed by atoms with Gasteiger partial charge in [-0.3, -0.25) is 4.57 Å². The molecule has 3 rings (SSSR count). The summed E-state index contributed by atoms with van der Waals surface area (Å²) >= 11 is 1.74. The summed E-state index contributed by atoms with van der Waals surface area (Å²) in [5.74, 6) is 2.75. The van der Waals surface area contributed by atoms with Crippen molar-refractivity contribution in [3.05, 3.63) is 0 Å². The average Bonchev–Trinajstić information content (AvgIpc) is 3.24. The van der Waals surface area contributed by atoms with Crippen LogP contribution in [0.1, 0.15) is 39.5 Å². The number of thioether (sulfide) groups is 1. The molecule has 0 spiro atoms. The third-order valence-electron chi connectivity index (χ3n) is 4.84. The van der Waals surface area contributed by atoms with Crippen molar-refractivity contribution >= 4 is 17.7 Å². The second-order valence-electron chi connectivity index (χ2n) is 6.74. The molecule has 0 radical (unpaired) electrons. The number of hydrogen-bond acceptors (Lipinski definition) is 6. The number of ether oxygens (including phenoxy) is 2. The Kier molecular flexibility index (Phi) is 6.80. The van der Waals surface area contributed by atoms with E-state index in [-0.39, 0.29) is 0 Å². The summed E-state index contributed by atoms with van der Waals surface area (Å²) in [5, 5.41) is 10.00. The SMILES string of the molecule is CCOCCSc1nnc(N2CCC(C)CC2)n1CC1CCCO1. The van der Waals surface area contributed by atoms with Gasteiger partial charge >= 0.3 is 0 Å². The average molecular weight is 355 g/mol. The largest absolute Gasteiger partial charge is 0.381 e. The zero-order valence-corrected chi connectivity index (χ0v) is 15.8. The van der Waals surface area contributed by atoms with Gasteiger partial charge in [0.2, 0.25) is 5.95 Å². The first kappa shape index (κ1) is 18.0. The molecule has 6 nitrogen and oxygen atoms in total. The Morgan fingerprint density at radius 3 is 2.79 bits per heavy atom. The summed E-state index contributed by atoms with van der Waals surface area (Å²) in [6.45, 7) is 9.79. The van der Waals surface area contributed by atoms with E-state index in [1.54, 1.807) is 11.8 Å². The third kappa shape index (κ3) is 4.64. The fourth-order valence-corrected chi connectivity index (χ4v) is 4.11. The summed E-state index contributed by atoms with van der Waals surface area (Å²) in [6, 6.07) is 0. The second kappa shape index (κ2) is 9.06. The van der Waals surface area contributed by atoms with E-state index in [0.29, 0.717) is 6.10 Å². The molecule has 0 N–H and O–H groups in total. The molecule has 0 bridgehead atoms. The minimum absolute atomic E-state index is 0.301. The highest BCUT2D eigenvalue weighted by atomic mass is 32.2. The first-order chi connectivity index (χ1) is 11.8. The molecule has 2 aliphatic heterocycles. The lowest BCUT2D eigenvalue weighted by Crippen LogP contribution is -2.35. The molecule has 1 aromatic heterocycles. The topological polar surface area (TPSA) is 52.4 Å². The van der Waals surface area contributed by atoms with Crippen molar-refractivity contribution in [2.24, 2.45) is 5.92 Å². The van der Waals surface area contributed by atoms with Crippen molar-refractivity contribution in [3.8, 4) is 0 Å². The number of rotatable bonds is 8. The van der Waals surface area contributed by atoms with E-state index >= 15 is 0 Å². The molecular weight excluding hydrogens is 324 g/mol. The zero-order chi connectivity index (χ0) is 16.8. The number of anilines is 1. The van der Waals surface area contributed by atoms with Crippen LogP contribution in [0.4, 0.5) is 5.95 Å². The zero-order valence-electron chi connectivity index (χ0n) is 14.9. The van der Waals surface area contributed by atoms with Crippen LogP contribution >= 0.6 is 11.8 Å². The van der Waals surface area contributed by atoms with Gasteiger partial charge in [0.1, 0.15) is 0 Å². The van der Waals surface area contributed by atoms with Crippen molar-refractivity contribution < 1.29 is 9.47 Å². The molecular formula is C17H30N4O2S. The molecule has 0 aromatic carbocycles. The lowest BCUT2D eigenvalue weighted by atomic mass is 10.00. The molecule has 24 heavy (non-hydrogen) atoms. The van der Waals surface area contributed by atoms with Gasteiger partial charge < -0.3 is 14.4 Å². The smallest absolute Gasteiger partial charge is 0.228 e. The van der Waals surface area contributed by atoms with Gasteiger partial charge in [-0.25, -0.2) is 0 Å². The van der Waals surface area contributed by atoms with Crippen LogP contribution < -0.4 is 4.90 Å². The van der Waals surface area contributed by atoms with E-state index in [2.05, 4.69) is 26.6 Å². The Morgan fingerprint density at radius 2 is 2.08 bits per heavy atom. The molecule has 7 heteroatoms. The van der Waals surface area contributed by atoms with Gasteiger partial charge in [-0.15, -0.1) is 10.2 Å². The lowest BCUT2D eigenvalue weighted by molar-refractivity contribution is 0.0951. The van der Waals surface area contributed by atoms with Crippen molar-refractivity contribution in [2.45, 2.75) is 57.3 Å². The number of aromatic nitrogens is 3. The summed E-state index contributed by atoms with van der Waals surface area (Å²) in [6.07, 6.45) is 5.07. The van der Waals surface area contributed by atoms with E-state index in [9.17, 15) is 0 Å². The van der Waals surface area contributed by atoms with E-state index in [4.69, 9.17) is 9.47 Å². The van der Waals surface area contributed by atoms with Gasteiger partial charge in [-0.1, -0.05) is 18.7 Å². The molecule has 1 unspecified atom stereocenters. The fourth-order valence-electron chi connectivity index (χ4n) is 3.32. The maximum absolute atomic E-state index is 5.85. The normalized spacial score (nSPS) is 22.4. The Bertz CT molecular complexity index is 497. The summed E-state index contributed by atoms with van der Waals surface area (Å²) in [7, 11) is 0. The Hall–Kier alpha value is -0.790. The van der Waals surface area contributed by atoms with Gasteiger partial charge in [0.15, 0.2) is 5.16 Å². The summed E-state index contributed by atoms with van der Waals surface area (Å²) in [4.78, 5) is 2.40. The minimum Gasteiger partial charge on any atom is -0.381 e. The van der Waals surface area contributed by atoms with Gasteiger partial charge in [0, 0.05) is 32.1 Å². The van der Waals surface area contributed by atoms with Crippen LogP contribution in [-0.2, 0) is 16.0 Å². The van der Waals surface area contributed by atoms with E-state index < -0.39 is 0 Å². The predicted octanol–water partition coefficient (Wildman–Crippen LogP) is 2.82. The molecule has 1 aromatic rings. The van der Waals surface area contributed by atoms with E-state index in [0.717, 1.165) is 75.1 Å². The van der Waals surface area contributed by atoms with Crippen LogP contribution in [0.25, 0.3) is 0 Å². The predicted molar refractivity (Wildman–Crippen MR) is 96.8 cm³/mol. The van der Waals surface area contributed by atoms with Crippen molar-refractivity contribution in [1.82, 2.24) is 14.8 Å². The van der Waals surface area contributed by atoms with Gasteiger partial charge in [0.25, 0.3) is 0 Å². The van der Waals surface area contributed by atoms with Crippen LogP contribution in [0.2, 0.25) is 0 Å². The van der Waals surface area contributed by atoms with Crippen molar-refractivity contribution in [2.75, 3.05) is 43.6 Å². The Labute approximate surface area is 149 Å². The van der Waals surface area contributed by atoms with Crippen LogP contribution in [0.15, 0.2) is 5.16 Å². The highest BCUT2D eigenvalue weighted by Crippen LogP contribution is 2.27. The molecule has 0 amide bonds. The first-order valence-electron chi connectivity index (χ1n) is 9.28. The lowest BCUT2D eigenvalue weighted by Gasteiger charge is -2.31. The van der Waals surface area contributed by atoms with E-state index in [1.165, 1.54) is 12.8 Å². The second-order valence-corrected chi connectivity index (χ2v) is 7.81. The quantitative estimate of drug-likeness (QED) is 0.528. The van der Waals surface area contributed by atoms with Crippen molar-refractivity contribution in [3.63, 3.8) is 0 Å². The van der Waals surface area contributed by atoms with Gasteiger partial charge in [-0.05, 0) is 38.5 Å². The molecule has 1 atom stereocenters. The highest BCUT2D eigenvalue weighted by molar-refractivity contribution is 7.99. The number of hydrogen-bond donors (Lipinski definition) is 0. The molecule has 136 valence electrons. The van der Waals surface area contributed by atoms with Crippen LogP contribution in [0, 0.1) is 5.92 Å². The van der Waals surface area contributed by atoms with Gasteiger partial charge in [0.05, 0.1) is 19.3 Å². The molecule has 0 aliphatic carbocycles. The van der Waals surface area contributed by atoms with E-state index in [1.807, 2.05) is 6.92 Å². The minimum atomic E-state index is 0.301. The molecule has 2 fully saturated rings. The van der Waals surface area contributed by atoms with Crippen molar-refractivity contribution in [1.29, 1.82) is 0 Å². The first-order valence-corrected chi connectivity index (χ1v) is 10.3. The Morgan fingerprint density at radius 1 is 1.25 bits per heavy atom. The number of nitrogens with zero attached hydrogens (tertiary/aromatic N) is 4. The molecule has 2 saturated heterocycles. The standard InChI is InChI=1S/C17H30N4O2S/c1-3-22-11-12-24-17-19-18-16(20-8-6-14(2)7-9-20)21(17)13-15-5-4-10-23-15/h14-15H,3-13H2,1-2H3. The van der Waals surface area contributed by atoms with Crippen LogP contribution in [-0.4, -0.2) is 59.5 Å². The molecule has 3 heterocycles. The summed E-state index contributed by atoms with van der Waals surface area (Å²) in [5.41, 5.74) is 0. The maximum atomic E-state index is 5.85. The fraction of sp³-hybridized carbons (Fsp3) is 0.882. The monoisotopic (exact) mass is 354 g/mol. The number of piperidine rings is 1. The van der Waals surface area contributed by atoms with Gasteiger partial charge in [-0.2, -0.15) is 0 Å². The summed E-state index contributed by atoms with van der Waals surface area (Å²) < 4.78 is 13.6. The molecule has 2 aliphatic rings. The third-order valence-corrected chi connectivity index (χ3v) is 5.77. The highest BCUT2D eigenvalue weighted by Gasteiger charge is 2.25. The Balaban J connectivity index is 1.70.